The van der Waals surface area contributed by atoms with Crippen LogP contribution < -0.4 is 15.5 Å². The van der Waals surface area contributed by atoms with E-state index in [2.05, 4.69) is 28.0 Å². The van der Waals surface area contributed by atoms with Crippen molar-refractivity contribution in [3.63, 3.8) is 0 Å². The molecule has 0 bridgehead atoms. The summed E-state index contributed by atoms with van der Waals surface area (Å²) >= 11 is 0. The van der Waals surface area contributed by atoms with Crippen molar-refractivity contribution in [2.45, 2.75) is 34.3 Å². The standard InChI is InChI=1S/C26H27N3O3/c1-17-5-8-21(9-6-17)16-32-24-13-10-22(11-14-24)20(4)28-29-26(31)25(30)27-23-12-7-18(2)19(3)15-23/h5-15H,16H2,1-4H3,(H,27,30)(H,29,31). The highest BCUT2D eigenvalue weighted by molar-refractivity contribution is 6.39. The Morgan fingerprint density at radius 2 is 1.53 bits per heavy atom. The van der Waals surface area contributed by atoms with Gasteiger partial charge in [-0.05, 0) is 86.3 Å². The second-order valence-corrected chi connectivity index (χ2v) is 7.69. The summed E-state index contributed by atoms with van der Waals surface area (Å²) in [6.45, 7) is 8.21. The van der Waals surface area contributed by atoms with Gasteiger partial charge in [-0.2, -0.15) is 5.10 Å². The first-order valence-electron chi connectivity index (χ1n) is 10.3. The maximum Gasteiger partial charge on any atom is 0.329 e. The molecule has 3 rings (SSSR count). The molecule has 0 saturated carbocycles. The third kappa shape index (κ3) is 6.28. The van der Waals surface area contributed by atoms with Gasteiger partial charge < -0.3 is 10.1 Å². The highest BCUT2D eigenvalue weighted by atomic mass is 16.5. The zero-order valence-electron chi connectivity index (χ0n) is 18.7. The van der Waals surface area contributed by atoms with E-state index in [1.807, 2.05) is 69.3 Å². The molecule has 0 heterocycles. The first-order chi connectivity index (χ1) is 15.3. The van der Waals surface area contributed by atoms with Crippen LogP contribution in [0.4, 0.5) is 5.69 Å². The van der Waals surface area contributed by atoms with E-state index in [0.29, 0.717) is 18.0 Å². The lowest BCUT2D eigenvalue weighted by molar-refractivity contribution is -0.136. The zero-order valence-corrected chi connectivity index (χ0v) is 18.7. The quantitative estimate of drug-likeness (QED) is 0.339. The van der Waals surface area contributed by atoms with E-state index in [4.69, 9.17) is 4.74 Å². The molecule has 6 nitrogen and oxygen atoms in total. The van der Waals surface area contributed by atoms with Crippen LogP contribution in [0.5, 0.6) is 5.75 Å². The number of benzene rings is 3. The van der Waals surface area contributed by atoms with E-state index < -0.39 is 11.8 Å². The van der Waals surface area contributed by atoms with Gasteiger partial charge in [0.05, 0.1) is 5.71 Å². The number of aryl methyl sites for hydroxylation is 3. The molecule has 164 valence electrons. The van der Waals surface area contributed by atoms with Gasteiger partial charge in [0.15, 0.2) is 0 Å². The van der Waals surface area contributed by atoms with E-state index in [0.717, 1.165) is 28.0 Å². The Morgan fingerprint density at radius 1 is 0.844 bits per heavy atom. The third-order valence-corrected chi connectivity index (χ3v) is 5.09. The summed E-state index contributed by atoms with van der Waals surface area (Å²) in [7, 11) is 0. The monoisotopic (exact) mass is 429 g/mol. The number of nitrogens with zero attached hydrogens (tertiary/aromatic N) is 1. The maximum atomic E-state index is 12.1. The van der Waals surface area contributed by atoms with Crippen LogP contribution in [0.15, 0.2) is 71.8 Å². The van der Waals surface area contributed by atoms with Crippen LogP contribution in [0, 0.1) is 20.8 Å². The molecule has 3 aromatic carbocycles. The number of nitrogens with one attached hydrogen (secondary N) is 2. The predicted molar refractivity (Wildman–Crippen MR) is 127 cm³/mol. The Bertz CT molecular complexity index is 1130. The average Bonchev–Trinajstić information content (AvgIpc) is 2.79. The Hall–Kier alpha value is -3.93. The summed E-state index contributed by atoms with van der Waals surface area (Å²) in [6.07, 6.45) is 0. The molecule has 0 aromatic heterocycles. The van der Waals surface area contributed by atoms with Gasteiger partial charge in [-0.25, -0.2) is 5.43 Å². The van der Waals surface area contributed by atoms with Gasteiger partial charge in [-0.15, -0.1) is 0 Å². The molecule has 2 amide bonds. The maximum absolute atomic E-state index is 12.1. The highest BCUT2D eigenvalue weighted by Gasteiger charge is 2.13. The van der Waals surface area contributed by atoms with Crippen molar-refractivity contribution in [2.75, 3.05) is 5.32 Å². The number of ether oxygens (including phenoxy) is 1. The van der Waals surface area contributed by atoms with Crippen LogP contribution in [0.3, 0.4) is 0 Å². The normalized spacial score (nSPS) is 11.1. The van der Waals surface area contributed by atoms with Crippen LogP contribution in [-0.2, 0) is 16.2 Å². The van der Waals surface area contributed by atoms with E-state index in [1.54, 1.807) is 13.0 Å². The Morgan fingerprint density at radius 3 is 2.19 bits per heavy atom. The summed E-state index contributed by atoms with van der Waals surface area (Å²) in [6, 6.07) is 21.0. The fourth-order valence-corrected chi connectivity index (χ4v) is 2.90. The summed E-state index contributed by atoms with van der Waals surface area (Å²) in [4.78, 5) is 24.2. The van der Waals surface area contributed by atoms with Gasteiger partial charge in [0.25, 0.3) is 0 Å². The predicted octanol–water partition coefficient (Wildman–Crippen LogP) is 4.67. The molecular formula is C26H27N3O3. The fourth-order valence-electron chi connectivity index (χ4n) is 2.90. The zero-order chi connectivity index (χ0) is 23.1. The van der Waals surface area contributed by atoms with Crippen LogP contribution in [0.25, 0.3) is 0 Å². The summed E-state index contributed by atoms with van der Waals surface area (Å²) in [5, 5.41) is 6.61. The third-order valence-electron chi connectivity index (χ3n) is 5.09. The molecule has 0 saturated heterocycles. The second kappa shape index (κ2) is 10.4. The topological polar surface area (TPSA) is 79.8 Å². The Kier molecular flexibility index (Phi) is 7.39. The summed E-state index contributed by atoms with van der Waals surface area (Å²) < 4.78 is 5.81. The molecule has 0 radical (unpaired) electrons. The van der Waals surface area contributed by atoms with E-state index in [-0.39, 0.29) is 0 Å². The lowest BCUT2D eigenvalue weighted by atomic mass is 10.1. The van der Waals surface area contributed by atoms with E-state index in [9.17, 15) is 9.59 Å². The first kappa shape index (κ1) is 22.7. The minimum absolute atomic E-state index is 0.484. The molecule has 0 aliphatic heterocycles. The first-order valence-corrected chi connectivity index (χ1v) is 10.3. The number of carbonyl (C=O) groups excluding carboxylic acids is 2. The van der Waals surface area contributed by atoms with Crippen molar-refractivity contribution >= 4 is 23.2 Å². The average molecular weight is 430 g/mol. The van der Waals surface area contributed by atoms with Gasteiger partial charge in [0.2, 0.25) is 0 Å². The van der Waals surface area contributed by atoms with Gasteiger partial charge in [0.1, 0.15) is 12.4 Å². The largest absolute Gasteiger partial charge is 0.489 e. The van der Waals surface area contributed by atoms with Crippen LogP contribution in [0.2, 0.25) is 0 Å². The van der Waals surface area contributed by atoms with Crippen LogP contribution in [-0.4, -0.2) is 17.5 Å². The van der Waals surface area contributed by atoms with Crippen molar-refractivity contribution in [1.29, 1.82) is 0 Å². The van der Waals surface area contributed by atoms with Gasteiger partial charge in [-0.1, -0.05) is 35.9 Å². The minimum Gasteiger partial charge on any atom is -0.489 e. The lowest BCUT2D eigenvalue weighted by Crippen LogP contribution is -2.33. The molecule has 0 atom stereocenters. The number of hydrogen-bond donors (Lipinski definition) is 2. The van der Waals surface area contributed by atoms with E-state index in [1.165, 1.54) is 5.56 Å². The van der Waals surface area contributed by atoms with Crippen LogP contribution in [0.1, 0.15) is 34.7 Å². The molecule has 0 spiro atoms. The molecule has 0 fully saturated rings. The second-order valence-electron chi connectivity index (χ2n) is 7.69. The number of carbonyl (C=O) groups is 2. The van der Waals surface area contributed by atoms with Crippen molar-refractivity contribution < 1.29 is 14.3 Å². The fraction of sp³-hybridized carbons (Fsp3) is 0.192. The molecule has 2 N–H and O–H groups in total. The number of hydrazone groups is 1. The smallest absolute Gasteiger partial charge is 0.329 e. The lowest BCUT2D eigenvalue weighted by Gasteiger charge is -2.08. The van der Waals surface area contributed by atoms with Gasteiger partial charge in [0, 0.05) is 5.69 Å². The SMILES string of the molecule is CC(=NNC(=O)C(=O)Nc1ccc(C)c(C)c1)c1ccc(OCc2ccc(C)cc2)cc1. The van der Waals surface area contributed by atoms with Crippen molar-refractivity contribution in [3.8, 4) is 5.75 Å². The molecule has 6 heteroatoms. The van der Waals surface area contributed by atoms with Crippen molar-refractivity contribution in [1.82, 2.24) is 5.43 Å². The number of amides is 2. The molecule has 0 unspecified atom stereocenters. The molecule has 3 aromatic rings. The van der Waals surface area contributed by atoms with Crippen molar-refractivity contribution in [2.24, 2.45) is 5.10 Å². The van der Waals surface area contributed by atoms with Crippen molar-refractivity contribution in [3.05, 3.63) is 94.5 Å². The molecule has 0 aliphatic carbocycles. The number of hydrogen-bond acceptors (Lipinski definition) is 4. The van der Waals surface area contributed by atoms with Gasteiger partial charge >= 0.3 is 11.8 Å². The minimum atomic E-state index is -0.833. The Labute approximate surface area is 188 Å². The Balaban J connectivity index is 1.53. The summed E-state index contributed by atoms with van der Waals surface area (Å²) in [5.41, 5.74) is 8.69. The summed E-state index contributed by atoms with van der Waals surface area (Å²) in [5.74, 6) is -0.871. The molecular weight excluding hydrogens is 402 g/mol. The number of anilines is 1. The highest BCUT2D eigenvalue weighted by Crippen LogP contribution is 2.16. The number of rotatable bonds is 6. The van der Waals surface area contributed by atoms with E-state index >= 15 is 0 Å². The molecule has 0 aliphatic rings. The van der Waals surface area contributed by atoms with Crippen LogP contribution >= 0.6 is 0 Å². The van der Waals surface area contributed by atoms with Gasteiger partial charge in [-0.3, -0.25) is 9.59 Å². The molecule has 32 heavy (non-hydrogen) atoms.